The molecule has 8 radical (unpaired) electrons. The van der Waals surface area contributed by atoms with Crippen LogP contribution in [0.25, 0.3) is 0 Å². The maximum atomic E-state index is 7.50. The molecule has 1 rings (SSSR count). The molecule has 60 valence electrons. The van der Waals surface area contributed by atoms with Crippen LogP contribution in [-0.4, -0.2) is 27.2 Å². The van der Waals surface area contributed by atoms with Gasteiger partial charge in [0.05, 0.1) is 0 Å². The van der Waals surface area contributed by atoms with Crippen LogP contribution in [-0.2, 0) is 34.1 Å². The average molecular weight is 196 g/mol. The molecule has 0 unspecified atom stereocenters. The Morgan fingerprint density at radius 2 is 0.727 bits per heavy atom. The van der Waals surface area contributed by atoms with Gasteiger partial charge in [-0.05, 0) is 0 Å². The van der Waals surface area contributed by atoms with Crippen molar-refractivity contribution in [2.45, 2.75) is 10.6 Å². The third-order valence-corrected chi connectivity index (χ3v) is 0.729. The predicted molar refractivity (Wildman–Crippen MR) is 32.4 cm³/mol. The first kappa shape index (κ1) is 22.5. The fraction of sp³-hybridized carbons (Fsp3) is 0.333. The van der Waals surface area contributed by atoms with Crippen LogP contribution < -0.4 is 0 Å². The molecule has 0 aromatic heterocycles. The van der Waals surface area contributed by atoms with Crippen LogP contribution in [0.15, 0.2) is 0 Å². The fourth-order valence-electron chi connectivity index (χ4n) is 0. The minimum Gasteiger partial charge on any atom is -0.281 e. The normalized spacial score (nSPS) is 8.73. The van der Waals surface area contributed by atoms with Crippen molar-refractivity contribution in [3.8, 4) is 0 Å². The Labute approximate surface area is 72.5 Å². The molecule has 0 amide bonds. The van der Waals surface area contributed by atoms with Gasteiger partial charge >= 0.3 is 25.6 Å². The summed E-state index contributed by atoms with van der Waals surface area (Å²) in [5, 5.41) is 3.00. The fourth-order valence-corrected chi connectivity index (χ4v) is 0. The first-order valence-electron chi connectivity index (χ1n) is 1.82. The van der Waals surface area contributed by atoms with Crippen molar-refractivity contribution in [2.75, 3.05) is 0 Å². The van der Waals surface area contributed by atoms with E-state index in [4.69, 9.17) is 19.2 Å². The Kier molecular flexibility index (Phi) is 261. The van der Waals surface area contributed by atoms with Gasteiger partial charge in [-0.15, -0.1) is 0 Å². The summed E-state index contributed by atoms with van der Waals surface area (Å²) in [6.45, 7) is 18.0. The van der Waals surface area contributed by atoms with Crippen molar-refractivity contribution < 1.29 is 34.1 Å². The second kappa shape index (κ2) is 128. The van der Waals surface area contributed by atoms with E-state index in [1.807, 2.05) is 0 Å². The third-order valence-electron chi connectivity index (χ3n) is 0.177. The van der Waals surface area contributed by atoms with E-state index in [1.54, 1.807) is 0 Å². The van der Waals surface area contributed by atoms with E-state index < -0.39 is 0 Å². The van der Waals surface area contributed by atoms with Crippen LogP contribution in [0.5, 0.6) is 0 Å². The third kappa shape index (κ3) is 12000. The Morgan fingerprint density at radius 3 is 0.727 bits per heavy atom. The molecule has 1 saturated heterocycles. The molecule has 0 atom stereocenters. The van der Waals surface area contributed by atoms with Crippen molar-refractivity contribution in [2.24, 2.45) is 0 Å². The second-order valence-electron chi connectivity index (χ2n) is 0.530. The summed E-state index contributed by atoms with van der Waals surface area (Å²) in [5.41, 5.74) is 0. The van der Waals surface area contributed by atoms with Gasteiger partial charge in [0, 0.05) is 0 Å². The van der Waals surface area contributed by atoms with Gasteiger partial charge in [0.1, 0.15) is 0 Å². The number of rotatable bonds is 0. The van der Waals surface area contributed by atoms with Crippen LogP contribution in [0.2, 0.25) is 10.6 Å². The van der Waals surface area contributed by atoms with Crippen LogP contribution in [0.3, 0.4) is 0 Å². The summed E-state index contributed by atoms with van der Waals surface area (Å²) in [4.78, 5) is 30.0. The minimum absolute atomic E-state index is 1.50. The van der Waals surface area contributed by atoms with E-state index >= 15 is 0 Å². The molecule has 1 fully saturated rings. The van der Waals surface area contributed by atoms with Gasteiger partial charge in [-0.25, -0.2) is 0 Å². The minimum atomic E-state index is 1.50. The maximum Gasteiger partial charge on any atom is 0.281 e. The Balaban J connectivity index is -0.0000000287. The molecule has 0 aromatic carbocycles. The molecule has 1 aliphatic rings. The molecule has 1 heterocycles. The van der Waals surface area contributed by atoms with E-state index in [2.05, 4.69) is 27.2 Å². The summed E-state index contributed by atoms with van der Waals surface area (Å²) in [5.74, 6) is 0. The zero-order chi connectivity index (χ0) is 10.1. The van der Waals surface area contributed by atoms with Gasteiger partial charge in [-0.2, -0.15) is 0 Å². The molecule has 4 nitrogen and oxygen atoms in total. The summed E-state index contributed by atoms with van der Waals surface area (Å²) in [6, 6.07) is 0. The van der Waals surface area contributed by atoms with E-state index in [0.29, 0.717) is 0 Å². The zero-order valence-electron chi connectivity index (χ0n) is 5.40. The Bertz CT molecular complexity index is 41.1. The van der Waals surface area contributed by atoms with Crippen LogP contribution in [0.4, 0.5) is 0 Å². The molecule has 0 spiro atoms. The number of carbonyl (C=O) groups excluding carboxylic acids is 4. The molecule has 11 heavy (non-hydrogen) atoms. The standard InChI is InChI=1S/C2H4.4CO.Fe/c5*1-2;/h1-2H2;;;;;. The van der Waals surface area contributed by atoms with Crippen LogP contribution >= 0.6 is 0 Å². The topological polar surface area (TPSA) is 68.3 Å². The molecular formula is C6H4FeO4. The number of hydrogen-bond acceptors (Lipinski definition) is 4. The van der Waals surface area contributed by atoms with Crippen molar-refractivity contribution in [3.63, 3.8) is 0 Å². The van der Waals surface area contributed by atoms with Crippen LogP contribution in [0, 0.1) is 0 Å². The van der Waals surface area contributed by atoms with E-state index in [9.17, 15) is 0 Å². The molecule has 0 N–H and O–H groups in total. The summed E-state index contributed by atoms with van der Waals surface area (Å²) in [7, 11) is 0. The zero-order valence-corrected chi connectivity index (χ0v) is 6.50. The Hall–Kier alpha value is -0.801. The van der Waals surface area contributed by atoms with Crippen molar-refractivity contribution >= 4 is 27.2 Å². The van der Waals surface area contributed by atoms with Crippen molar-refractivity contribution in [1.29, 1.82) is 0 Å². The predicted octanol–water partition coefficient (Wildman–Crippen LogP) is -0.669. The van der Waals surface area contributed by atoms with Gasteiger partial charge in [0.25, 0.3) is 27.2 Å². The molecule has 0 saturated carbocycles. The summed E-state index contributed by atoms with van der Waals surface area (Å²) < 4.78 is 0. The second-order valence-corrected chi connectivity index (χ2v) is 2.19. The van der Waals surface area contributed by atoms with E-state index in [-0.39, 0.29) is 0 Å². The van der Waals surface area contributed by atoms with Gasteiger partial charge in [0.15, 0.2) is 0 Å². The maximum absolute atomic E-state index is 7.50. The van der Waals surface area contributed by atoms with Crippen molar-refractivity contribution in [1.82, 2.24) is 0 Å². The van der Waals surface area contributed by atoms with Crippen molar-refractivity contribution in [3.05, 3.63) is 0 Å². The molecule has 1 aliphatic heterocycles. The molecule has 0 aromatic rings. The molecule has 0 aliphatic carbocycles. The van der Waals surface area contributed by atoms with Gasteiger partial charge in [-0.1, -0.05) is 0 Å². The Morgan fingerprint density at radius 1 is 0.636 bits per heavy atom. The van der Waals surface area contributed by atoms with Gasteiger partial charge in [0.2, 0.25) is 0 Å². The first-order chi connectivity index (χ1) is 5.50. The van der Waals surface area contributed by atoms with Gasteiger partial charge in [-0.3, -0.25) is 19.2 Å². The first-order valence-corrected chi connectivity index (χ1v) is 3.38. The van der Waals surface area contributed by atoms with E-state index in [1.165, 1.54) is 25.6 Å². The molecular weight excluding hydrogens is 192 g/mol. The summed E-state index contributed by atoms with van der Waals surface area (Å²) in [6.07, 6.45) is 0. The smallest absolute Gasteiger partial charge is 0.281 e. The van der Waals surface area contributed by atoms with E-state index in [0.717, 1.165) is 0 Å². The monoisotopic (exact) mass is 196 g/mol. The molecule has 5 heteroatoms. The largest absolute Gasteiger partial charge is 0.281 e. The SMILES string of the molecule is [CH2]1[CH2][Fe]1.[C]=O.[C]=O.[C]=O.[C]=O. The number of hydrogen-bond donors (Lipinski definition) is 0. The molecule has 0 bridgehead atoms. The quantitative estimate of drug-likeness (QED) is 0.481. The van der Waals surface area contributed by atoms with Gasteiger partial charge < -0.3 is 0 Å². The van der Waals surface area contributed by atoms with Crippen LogP contribution in [0.1, 0.15) is 0 Å². The summed E-state index contributed by atoms with van der Waals surface area (Å²) >= 11 is 1.50. The average Bonchev–Trinajstić information content (AvgIpc) is 3.04.